The normalized spacial score (nSPS) is 9.33. The smallest absolute Gasteiger partial charge is 0.0652 e. The Morgan fingerprint density at radius 3 is 2.58 bits per heavy atom. The Kier molecular flexibility index (Phi) is 4.13. The highest BCUT2D eigenvalue weighted by molar-refractivity contribution is 8.76. The fourth-order valence-electron chi connectivity index (χ4n) is 0.725. The van der Waals surface area contributed by atoms with E-state index in [-0.39, 0.29) is 0 Å². The second-order valence-electron chi connectivity index (χ2n) is 2.36. The van der Waals surface area contributed by atoms with E-state index in [2.05, 4.69) is 37.1 Å². The lowest BCUT2D eigenvalue weighted by atomic mass is 10.2. The van der Waals surface area contributed by atoms with Crippen LogP contribution in [0.5, 0.6) is 0 Å². The minimum absolute atomic E-state index is 0.762. The molecule has 0 saturated heterocycles. The zero-order chi connectivity index (χ0) is 8.81. The maximum Gasteiger partial charge on any atom is 0.0652 e. The minimum Gasteiger partial charge on any atom is -0.119 e. The van der Waals surface area contributed by atoms with Crippen LogP contribution in [0.3, 0.4) is 0 Å². The highest BCUT2D eigenvalue weighted by atomic mass is 33.1. The van der Waals surface area contributed by atoms with Crippen molar-refractivity contribution < 1.29 is 0 Å². The van der Waals surface area contributed by atoms with Crippen molar-refractivity contribution in [2.75, 3.05) is 5.75 Å². The number of hydrogen-bond donors (Lipinski definition) is 0. The molecule has 0 amide bonds. The summed E-state index contributed by atoms with van der Waals surface area (Å²) in [6.07, 6.45) is 5.13. The van der Waals surface area contributed by atoms with Crippen molar-refractivity contribution in [1.82, 2.24) is 0 Å². The summed E-state index contributed by atoms with van der Waals surface area (Å²) in [6, 6.07) is 8.45. The average Bonchev–Trinajstić information content (AvgIpc) is 2.09. The summed E-state index contributed by atoms with van der Waals surface area (Å²) >= 11 is 0. The van der Waals surface area contributed by atoms with Crippen LogP contribution in [0.25, 0.3) is 0 Å². The van der Waals surface area contributed by atoms with Crippen molar-refractivity contribution in [2.45, 2.75) is 11.8 Å². The first-order valence-electron chi connectivity index (χ1n) is 3.62. The van der Waals surface area contributed by atoms with E-state index in [1.807, 2.05) is 0 Å². The minimum atomic E-state index is 0.762. The Balaban J connectivity index is 2.43. The van der Waals surface area contributed by atoms with E-state index >= 15 is 0 Å². The maximum atomic E-state index is 5.13. The molecule has 0 spiro atoms. The van der Waals surface area contributed by atoms with Gasteiger partial charge in [0.25, 0.3) is 0 Å². The van der Waals surface area contributed by atoms with Gasteiger partial charge in [-0.1, -0.05) is 45.2 Å². The van der Waals surface area contributed by atoms with Gasteiger partial charge in [0.2, 0.25) is 0 Å². The van der Waals surface area contributed by atoms with Gasteiger partial charge < -0.3 is 0 Å². The molecular weight excluding hydrogens is 184 g/mol. The van der Waals surface area contributed by atoms with E-state index in [4.69, 9.17) is 6.42 Å². The Labute approximate surface area is 81.5 Å². The predicted molar refractivity (Wildman–Crippen MR) is 58.3 cm³/mol. The van der Waals surface area contributed by atoms with Gasteiger partial charge in [0, 0.05) is 4.90 Å². The maximum absolute atomic E-state index is 5.13. The summed E-state index contributed by atoms with van der Waals surface area (Å²) in [5, 5.41) is 0. The molecular formula is C10H10S2. The zero-order valence-corrected chi connectivity index (χ0v) is 8.54. The van der Waals surface area contributed by atoms with Crippen molar-refractivity contribution in [3.05, 3.63) is 29.8 Å². The van der Waals surface area contributed by atoms with Crippen molar-refractivity contribution in [3.8, 4) is 12.3 Å². The van der Waals surface area contributed by atoms with Crippen LogP contribution < -0.4 is 0 Å². The van der Waals surface area contributed by atoms with Gasteiger partial charge >= 0.3 is 0 Å². The van der Waals surface area contributed by atoms with Crippen LogP contribution in [0.2, 0.25) is 0 Å². The van der Waals surface area contributed by atoms with Crippen LogP contribution in [-0.2, 0) is 0 Å². The van der Waals surface area contributed by atoms with E-state index in [1.54, 1.807) is 21.6 Å². The molecule has 0 aliphatic carbocycles. The van der Waals surface area contributed by atoms with Gasteiger partial charge in [-0.25, -0.2) is 0 Å². The topological polar surface area (TPSA) is 0 Å². The lowest BCUT2D eigenvalue weighted by Gasteiger charge is -1.97. The zero-order valence-electron chi connectivity index (χ0n) is 6.91. The average molecular weight is 194 g/mol. The summed E-state index contributed by atoms with van der Waals surface area (Å²) in [4.78, 5) is 1.26. The van der Waals surface area contributed by atoms with Crippen molar-refractivity contribution in [1.29, 1.82) is 0 Å². The number of rotatable bonds is 3. The fraction of sp³-hybridized carbons (Fsp3) is 0.200. The molecule has 0 saturated carbocycles. The number of terminal acetylenes is 1. The molecule has 0 fully saturated rings. The van der Waals surface area contributed by atoms with Gasteiger partial charge in [-0.05, 0) is 19.1 Å². The number of benzene rings is 1. The number of hydrogen-bond acceptors (Lipinski definition) is 2. The van der Waals surface area contributed by atoms with Crippen LogP contribution in [0.4, 0.5) is 0 Å². The lowest BCUT2D eigenvalue weighted by molar-refractivity contribution is 1.38. The highest BCUT2D eigenvalue weighted by Crippen LogP contribution is 2.30. The molecule has 0 aromatic heterocycles. The SMILES string of the molecule is C#CCSSc1ccc(C)cc1. The standard InChI is InChI=1S/C10H10S2/c1-3-8-11-12-10-6-4-9(2)5-7-10/h1,4-7H,8H2,2H3. The second-order valence-corrected chi connectivity index (χ2v) is 4.73. The van der Waals surface area contributed by atoms with Gasteiger partial charge in [-0.3, -0.25) is 0 Å². The molecule has 0 bridgehead atoms. The van der Waals surface area contributed by atoms with Gasteiger partial charge in [-0.15, -0.1) is 6.42 Å². The Bertz CT molecular complexity index is 269. The number of aryl methyl sites for hydroxylation is 1. The first-order valence-corrected chi connectivity index (χ1v) is 5.94. The van der Waals surface area contributed by atoms with Crippen molar-refractivity contribution in [3.63, 3.8) is 0 Å². The molecule has 0 aliphatic rings. The van der Waals surface area contributed by atoms with Crippen LogP contribution in [-0.4, -0.2) is 5.75 Å². The third-order valence-electron chi connectivity index (χ3n) is 1.32. The summed E-state index contributed by atoms with van der Waals surface area (Å²) in [6.45, 7) is 2.09. The molecule has 0 N–H and O–H groups in total. The van der Waals surface area contributed by atoms with Crippen molar-refractivity contribution in [2.24, 2.45) is 0 Å². The monoisotopic (exact) mass is 194 g/mol. The lowest BCUT2D eigenvalue weighted by Crippen LogP contribution is -1.71. The molecule has 1 aromatic rings. The molecule has 0 unspecified atom stereocenters. The first kappa shape index (κ1) is 9.57. The van der Waals surface area contributed by atoms with E-state index in [1.165, 1.54) is 10.5 Å². The molecule has 1 rings (SSSR count). The van der Waals surface area contributed by atoms with Gasteiger partial charge in [0.15, 0.2) is 0 Å². The van der Waals surface area contributed by atoms with Crippen LogP contribution in [0.1, 0.15) is 5.56 Å². The van der Waals surface area contributed by atoms with Gasteiger partial charge in [0.05, 0.1) is 5.75 Å². The highest BCUT2D eigenvalue weighted by Gasteiger charge is 1.91. The van der Waals surface area contributed by atoms with Gasteiger partial charge in [0.1, 0.15) is 0 Å². The predicted octanol–water partition coefficient (Wildman–Crippen LogP) is 3.37. The van der Waals surface area contributed by atoms with Crippen LogP contribution in [0.15, 0.2) is 29.2 Å². The molecule has 0 nitrogen and oxygen atoms in total. The largest absolute Gasteiger partial charge is 0.119 e. The fourth-order valence-corrected chi connectivity index (χ4v) is 2.36. The van der Waals surface area contributed by atoms with Gasteiger partial charge in [-0.2, -0.15) is 0 Å². The molecule has 0 radical (unpaired) electrons. The first-order chi connectivity index (χ1) is 5.83. The molecule has 62 valence electrons. The quantitative estimate of drug-likeness (QED) is 0.411. The molecule has 0 atom stereocenters. The molecule has 0 aliphatic heterocycles. The molecule has 2 heteroatoms. The summed E-state index contributed by atoms with van der Waals surface area (Å²) in [7, 11) is 3.42. The second kappa shape index (κ2) is 5.18. The summed E-state index contributed by atoms with van der Waals surface area (Å²) < 4.78 is 0. The summed E-state index contributed by atoms with van der Waals surface area (Å²) in [5.74, 6) is 3.35. The molecule has 0 heterocycles. The van der Waals surface area contributed by atoms with Crippen molar-refractivity contribution >= 4 is 21.6 Å². The third kappa shape index (κ3) is 3.25. The summed E-state index contributed by atoms with van der Waals surface area (Å²) in [5.41, 5.74) is 1.29. The Morgan fingerprint density at radius 2 is 2.00 bits per heavy atom. The van der Waals surface area contributed by atoms with E-state index in [0.717, 1.165) is 5.75 Å². The van der Waals surface area contributed by atoms with E-state index in [0.29, 0.717) is 0 Å². The Morgan fingerprint density at radius 1 is 1.33 bits per heavy atom. The van der Waals surface area contributed by atoms with Crippen LogP contribution in [0, 0.1) is 19.3 Å². The van der Waals surface area contributed by atoms with Crippen LogP contribution >= 0.6 is 21.6 Å². The van der Waals surface area contributed by atoms with E-state index in [9.17, 15) is 0 Å². The van der Waals surface area contributed by atoms with E-state index < -0.39 is 0 Å². The Hall–Kier alpha value is -0.520. The third-order valence-corrected chi connectivity index (χ3v) is 3.47. The molecule has 1 aromatic carbocycles. The molecule has 12 heavy (non-hydrogen) atoms.